The normalized spacial score (nSPS) is 20.0. The average Bonchev–Trinajstić information content (AvgIpc) is 2.34. The summed E-state index contributed by atoms with van der Waals surface area (Å²) < 4.78 is 28.7. The van der Waals surface area contributed by atoms with Crippen molar-refractivity contribution in [3.05, 3.63) is 29.8 Å². The molecule has 0 unspecified atom stereocenters. The number of rotatable bonds is 0. The lowest BCUT2D eigenvalue weighted by Crippen LogP contribution is -2.55. The highest BCUT2D eigenvalue weighted by molar-refractivity contribution is 7.90. The minimum Gasteiger partial charge on any atom is -0.364 e. The molecular formula is C13H17N3O3S. The van der Waals surface area contributed by atoms with E-state index in [-0.39, 0.29) is 16.3 Å². The topological polar surface area (TPSA) is 78.8 Å². The Morgan fingerprint density at radius 1 is 1.20 bits per heavy atom. The lowest BCUT2D eigenvalue weighted by Gasteiger charge is -2.33. The van der Waals surface area contributed by atoms with E-state index in [0.717, 1.165) is 0 Å². The highest BCUT2D eigenvalue weighted by Gasteiger charge is 2.35. The second-order valence-corrected chi connectivity index (χ2v) is 6.93. The van der Waals surface area contributed by atoms with Crippen LogP contribution in [0.3, 0.4) is 0 Å². The van der Waals surface area contributed by atoms with Gasteiger partial charge in [0, 0.05) is 14.1 Å². The summed E-state index contributed by atoms with van der Waals surface area (Å²) in [6, 6.07) is 6.06. The molecule has 0 radical (unpaired) electrons. The number of hydrogen-bond donors (Lipinski definition) is 1. The molecule has 0 spiro atoms. The molecule has 7 heteroatoms. The van der Waals surface area contributed by atoms with Crippen LogP contribution in [0.2, 0.25) is 0 Å². The molecule has 0 atom stereocenters. The Kier molecular flexibility index (Phi) is 3.33. The average molecular weight is 295 g/mol. The fourth-order valence-corrected chi connectivity index (χ4v) is 3.61. The Morgan fingerprint density at radius 3 is 2.40 bits per heavy atom. The zero-order chi connectivity index (χ0) is 15.1. The second-order valence-electron chi connectivity index (χ2n) is 5.36. The van der Waals surface area contributed by atoms with Crippen LogP contribution in [0, 0.1) is 0 Å². The first-order valence-electron chi connectivity index (χ1n) is 6.09. The Labute approximate surface area is 118 Å². The second kappa shape index (κ2) is 4.59. The molecule has 1 amide bonds. The third kappa shape index (κ3) is 2.40. The maximum Gasteiger partial charge on any atom is 0.284 e. The number of likely N-dealkylation sites (N-methyl/N-ethyl adjacent to an activating group) is 1. The summed E-state index contributed by atoms with van der Waals surface area (Å²) in [5.41, 5.74) is -0.775. The maximum atomic E-state index is 12.4. The van der Waals surface area contributed by atoms with Crippen molar-refractivity contribution in [3.8, 4) is 0 Å². The standard InChI is InChI=1S/C13H17N3O3S/c1-13(2)12(16(3)4)15-20(18,19)10-8-6-5-7-9(10)11(17)14-13/h5-8H,1-4H3,(H,14,17). The van der Waals surface area contributed by atoms with E-state index >= 15 is 0 Å². The smallest absolute Gasteiger partial charge is 0.284 e. The highest BCUT2D eigenvalue weighted by Crippen LogP contribution is 2.23. The van der Waals surface area contributed by atoms with Crippen molar-refractivity contribution in [1.29, 1.82) is 0 Å². The highest BCUT2D eigenvalue weighted by atomic mass is 32.2. The molecule has 6 nitrogen and oxygen atoms in total. The van der Waals surface area contributed by atoms with Gasteiger partial charge in [-0.2, -0.15) is 8.42 Å². The summed E-state index contributed by atoms with van der Waals surface area (Å²) in [7, 11) is -0.534. The van der Waals surface area contributed by atoms with Crippen molar-refractivity contribution in [3.63, 3.8) is 0 Å². The molecule has 0 fully saturated rings. The molecule has 0 aliphatic carbocycles. The molecule has 0 aromatic heterocycles. The molecule has 1 heterocycles. The van der Waals surface area contributed by atoms with Crippen LogP contribution < -0.4 is 5.32 Å². The van der Waals surface area contributed by atoms with Gasteiger partial charge in [0.15, 0.2) is 0 Å². The molecule has 1 aromatic rings. The minimum atomic E-state index is -3.91. The van der Waals surface area contributed by atoms with E-state index in [0.29, 0.717) is 0 Å². The SMILES string of the molecule is CN(C)C1=NS(=O)(=O)c2ccccc2C(=O)NC1(C)C. The monoisotopic (exact) mass is 295 g/mol. The quantitative estimate of drug-likeness (QED) is 0.770. The van der Waals surface area contributed by atoms with Crippen molar-refractivity contribution in [2.75, 3.05) is 14.1 Å². The van der Waals surface area contributed by atoms with Crippen LogP contribution in [0.15, 0.2) is 33.6 Å². The van der Waals surface area contributed by atoms with Crippen molar-refractivity contribution in [2.45, 2.75) is 24.3 Å². The molecular weight excluding hydrogens is 278 g/mol. The van der Waals surface area contributed by atoms with E-state index in [1.54, 1.807) is 45.0 Å². The molecule has 1 aliphatic heterocycles. The van der Waals surface area contributed by atoms with Gasteiger partial charge in [-0.05, 0) is 26.0 Å². The van der Waals surface area contributed by atoms with Gasteiger partial charge in [-0.25, -0.2) is 0 Å². The predicted molar refractivity (Wildman–Crippen MR) is 76.3 cm³/mol. The number of fused-ring (bicyclic) bond motifs is 1. The van der Waals surface area contributed by atoms with Crippen molar-refractivity contribution in [1.82, 2.24) is 10.2 Å². The number of nitrogens with zero attached hydrogens (tertiary/aromatic N) is 2. The van der Waals surface area contributed by atoms with Gasteiger partial charge in [0.1, 0.15) is 10.7 Å². The fraction of sp³-hybridized carbons (Fsp3) is 0.385. The summed E-state index contributed by atoms with van der Waals surface area (Å²) in [5, 5.41) is 2.81. The maximum absolute atomic E-state index is 12.4. The molecule has 20 heavy (non-hydrogen) atoms. The first kappa shape index (κ1) is 14.5. The molecule has 1 N–H and O–H groups in total. The van der Waals surface area contributed by atoms with Gasteiger partial charge in [0.05, 0.1) is 11.1 Å². The summed E-state index contributed by atoms with van der Waals surface area (Å²) in [5.74, 6) is -0.149. The molecule has 1 aromatic carbocycles. The zero-order valence-electron chi connectivity index (χ0n) is 11.8. The number of amidine groups is 1. The van der Waals surface area contributed by atoms with E-state index < -0.39 is 21.5 Å². The summed E-state index contributed by atoms with van der Waals surface area (Å²) in [4.78, 5) is 13.8. The van der Waals surface area contributed by atoms with E-state index in [2.05, 4.69) is 9.71 Å². The molecule has 2 rings (SSSR count). The van der Waals surface area contributed by atoms with Gasteiger partial charge in [0.2, 0.25) is 0 Å². The lowest BCUT2D eigenvalue weighted by atomic mass is 10.0. The Morgan fingerprint density at radius 2 is 1.80 bits per heavy atom. The van der Waals surface area contributed by atoms with Gasteiger partial charge in [0.25, 0.3) is 15.9 Å². The molecule has 0 bridgehead atoms. The number of amides is 1. The molecule has 108 valence electrons. The van der Waals surface area contributed by atoms with Crippen molar-refractivity contribution >= 4 is 21.8 Å². The first-order valence-corrected chi connectivity index (χ1v) is 7.53. The van der Waals surface area contributed by atoms with Gasteiger partial charge in [-0.3, -0.25) is 4.79 Å². The van der Waals surface area contributed by atoms with Crippen LogP contribution in [-0.4, -0.2) is 44.7 Å². The summed E-state index contributed by atoms with van der Waals surface area (Å²) in [6.07, 6.45) is 0. The van der Waals surface area contributed by atoms with Gasteiger partial charge in [-0.1, -0.05) is 12.1 Å². The van der Waals surface area contributed by atoms with Gasteiger partial charge >= 0.3 is 0 Å². The van der Waals surface area contributed by atoms with E-state index in [9.17, 15) is 13.2 Å². The van der Waals surface area contributed by atoms with E-state index in [4.69, 9.17) is 0 Å². The number of sulfonamides is 1. The Bertz CT molecular complexity index is 691. The van der Waals surface area contributed by atoms with Crippen LogP contribution in [0.25, 0.3) is 0 Å². The molecule has 1 aliphatic rings. The largest absolute Gasteiger partial charge is 0.364 e. The summed E-state index contributed by atoms with van der Waals surface area (Å²) >= 11 is 0. The number of carbonyl (C=O) groups excluding carboxylic acids is 1. The molecule has 0 saturated heterocycles. The Hall–Kier alpha value is -1.89. The van der Waals surface area contributed by atoms with Crippen LogP contribution in [0.1, 0.15) is 24.2 Å². The first-order chi connectivity index (χ1) is 9.15. The number of nitrogens with one attached hydrogen (secondary N) is 1. The van der Waals surface area contributed by atoms with Crippen molar-refractivity contribution in [2.24, 2.45) is 4.40 Å². The third-order valence-electron chi connectivity index (χ3n) is 3.02. The third-order valence-corrected chi connectivity index (χ3v) is 4.35. The number of benzene rings is 1. The van der Waals surface area contributed by atoms with Gasteiger partial charge in [-0.15, -0.1) is 4.40 Å². The summed E-state index contributed by atoms with van der Waals surface area (Å²) in [6.45, 7) is 3.43. The lowest BCUT2D eigenvalue weighted by molar-refractivity contribution is 0.0925. The van der Waals surface area contributed by atoms with E-state index in [1.807, 2.05) is 0 Å². The van der Waals surface area contributed by atoms with Crippen LogP contribution >= 0.6 is 0 Å². The van der Waals surface area contributed by atoms with E-state index in [1.165, 1.54) is 12.1 Å². The predicted octanol–water partition coefficient (Wildman–Crippen LogP) is 0.857. The van der Waals surface area contributed by atoms with Gasteiger partial charge < -0.3 is 10.2 Å². The van der Waals surface area contributed by atoms with Crippen molar-refractivity contribution < 1.29 is 13.2 Å². The zero-order valence-corrected chi connectivity index (χ0v) is 12.7. The number of carbonyl (C=O) groups is 1. The van der Waals surface area contributed by atoms with Crippen LogP contribution in [0.4, 0.5) is 0 Å². The van der Waals surface area contributed by atoms with Crippen LogP contribution in [0.5, 0.6) is 0 Å². The minimum absolute atomic E-state index is 0.0765. The Balaban J connectivity index is 2.78. The number of hydrogen-bond acceptors (Lipinski definition) is 4. The van der Waals surface area contributed by atoms with Crippen LogP contribution in [-0.2, 0) is 10.0 Å². The fourth-order valence-electron chi connectivity index (χ4n) is 2.20. The molecule has 0 saturated carbocycles.